The highest BCUT2D eigenvalue weighted by Crippen LogP contribution is 2.36. The summed E-state index contributed by atoms with van der Waals surface area (Å²) in [5.74, 6) is 0. The molecule has 3 aromatic rings. The maximum absolute atomic E-state index is 6.21. The molecule has 0 amide bonds. The first-order valence-corrected chi connectivity index (χ1v) is 9.75. The zero-order chi connectivity index (χ0) is 19.9. The van der Waals surface area contributed by atoms with Crippen LogP contribution in [0.3, 0.4) is 0 Å². The van der Waals surface area contributed by atoms with Crippen LogP contribution in [0.5, 0.6) is 0 Å². The van der Waals surface area contributed by atoms with Crippen molar-refractivity contribution >= 4 is 12.6 Å². The summed E-state index contributed by atoms with van der Waals surface area (Å²) in [6.07, 6.45) is 1.94. The average molecular weight is 371 g/mol. The van der Waals surface area contributed by atoms with E-state index in [-0.39, 0.29) is 18.3 Å². The van der Waals surface area contributed by atoms with Crippen LogP contribution in [0, 0.1) is 6.92 Å². The van der Waals surface area contributed by atoms with Gasteiger partial charge in [-0.3, -0.25) is 4.98 Å². The smallest absolute Gasteiger partial charge is 0.399 e. The number of benzene rings is 2. The molecular formula is C24H26BNO2. The Morgan fingerprint density at radius 3 is 2.11 bits per heavy atom. The summed E-state index contributed by atoms with van der Waals surface area (Å²) in [6.45, 7) is 10.4. The van der Waals surface area contributed by atoms with E-state index in [1.54, 1.807) is 0 Å². The Kier molecular flexibility index (Phi) is 4.64. The zero-order valence-electron chi connectivity index (χ0n) is 17.2. The van der Waals surface area contributed by atoms with Gasteiger partial charge in [0.2, 0.25) is 0 Å². The minimum absolute atomic E-state index is 0.351. The topological polar surface area (TPSA) is 31.4 Å². The number of aryl methyl sites for hydroxylation is 1. The molecule has 0 unspecified atom stereocenters. The van der Waals surface area contributed by atoms with E-state index < -0.39 is 0 Å². The molecule has 2 aromatic carbocycles. The van der Waals surface area contributed by atoms with E-state index in [2.05, 4.69) is 88.1 Å². The molecule has 2 heterocycles. The molecule has 28 heavy (non-hydrogen) atoms. The molecule has 0 spiro atoms. The van der Waals surface area contributed by atoms with Crippen molar-refractivity contribution in [1.82, 2.24) is 4.98 Å². The lowest BCUT2D eigenvalue weighted by atomic mass is 9.78. The highest BCUT2D eigenvalue weighted by molar-refractivity contribution is 6.62. The fourth-order valence-electron chi connectivity index (χ4n) is 3.43. The van der Waals surface area contributed by atoms with Gasteiger partial charge in [0.1, 0.15) is 0 Å². The van der Waals surface area contributed by atoms with Crippen LogP contribution >= 0.6 is 0 Å². The highest BCUT2D eigenvalue weighted by atomic mass is 16.7. The Labute approximate surface area is 167 Å². The normalized spacial score (nSPS) is 17.7. The fraction of sp³-hybridized carbons (Fsp3) is 0.292. The lowest BCUT2D eigenvalue weighted by Crippen LogP contribution is -2.41. The molecule has 0 radical (unpaired) electrons. The summed E-state index contributed by atoms with van der Waals surface area (Å²) >= 11 is 0. The monoisotopic (exact) mass is 371 g/mol. The summed E-state index contributed by atoms with van der Waals surface area (Å²) < 4.78 is 12.4. The summed E-state index contributed by atoms with van der Waals surface area (Å²) in [5.41, 5.74) is 5.88. The summed E-state index contributed by atoms with van der Waals surface area (Å²) in [7, 11) is -0.371. The van der Waals surface area contributed by atoms with Crippen molar-refractivity contribution < 1.29 is 9.31 Å². The van der Waals surface area contributed by atoms with Crippen LogP contribution in [0.1, 0.15) is 33.3 Å². The molecule has 0 aliphatic carbocycles. The van der Waals surface area contributed by atoms with Gasteiger partial charge >= 0.3 is 7.12 Å². The first-order valence-electron chi connectivity index (χ1n) is 9.75. The van der Waals surface area contributed by atoms with Crippen LogP contribution in [0.25, 0.3) is 22.4 Å². The van der Waals surface area contributed by atoms with Crippen molar-refractivity contribution in [1.29, 1.82) is 0 Å². The van der Waals surface area contributed by atoms with Crippen molar-refractivity contribution in [3.63, 3.8) is 0 Å². The quantitative estimate of drug-likeness (QED) is 0.606. The second-order valence-electron chi connectivity index (χ2n) is 8.46. The minimum Gasteiger partial charge on any atom is -0.399 e. The van der Waals surface area contributed by atoms with Crippen LogP contribution in [0.2, 0.25) is 0 Å². The van der Waals surface area contributed by atoms with Crippen LogP contribution in [0.4, 0.5) is 0 Å². The van der Waals surface area contributed by atoms with E-state index in [9.17, 15) is 0 Å². The average Bonchev–Trinajstić information content (AvgIpc) is 2.90. The number of hydrogen-bond acceptors (Lipinski definition) is 3. The lowest BCUT2D eigenvalue weighted by Gasteiger charge is -2.32. The van der Waals surface area contributed by atoms with Crippen molar-refractivity contribution in [3.8, 4) is 22.4 Å². The van der Waals surface area contributed by atoms with Gasteiger partial charge in [0, 0.05) is 6.20 Å². The van der Waals surface area contributed by atoms with E-state index in [1.807, 2.05) is 18.3 Å². The van der Waals surface area contributed by atoms with Crippen molar-refractivity contribution in [2.75, 3.05) is 0 Å². The molecule has 1 saturated heterocycles. The SMILES string of the molecule is Cc1cnc(-c2cccc(B3OC(C)(C)C(C)(C)O3)c2)cc1-c1ccccc1. The Morgan fingerprint density at radius 1 is 0.786 bits per heavy atom. The van der Waals surface area contributed by atoms with Gasteiger partial charge in [-0.15, -0.1) is 0 Å². The molecule has 1 aromatic heterocycles. The minimum atomic E-state index is -0.371. The maximum atomic E-state index is 6.21. The van der Waals surface area contributed by atoms with E-state index >= 15 is 0 Å². The van der Waals surface area contributed by atoms with Gasteiger partial charge in [-0.1, -0.05) is 54.6 Å². The van der Waals surface area contributed by atoms with Gasteiger partial charge in [0.15, 0.2) is 0 Å². The largest absolute Gasteiger partial charge is 0.494 e. The second kappa shape index (κ2) is 6.87. The lowest BCUT2D eigenvalue weighted by molar-refractivity contribution is 0.00578. The van der Waals surface area contributed by atoms with Gasteiger partial charge in [0.25, 0.3) is 0 Å². The summed E-state index contributed by atoms with van der Waals surface area (Å²) in [6, 6.07) is 20.9. The first kappa shape index (κ1) is 18.9. The van der Waals surface area contributed by atoms with E-state index in [4.69, 9.17) is 9.31 Å². The zero-order valence-corrected chi connectivity index (χ0v) is 17.2. The number of rotatable bonds is 3. The molecule has 4 rings (SSSR count). The molecule has 3 nitrogen and oxygen atoms in total. The molecule has 142 valence electrons. The van der Waals surface area contributed by atoms with Gasteiger partial charge < -0.3 is 9.31 Å². The third-order valence-corrected chi connectivity index (χ3v) is 5.90. The van der Waals surface area contributed by atoms with E-state index in [0.29, 0.717) is 0 Å². The third-order valence-electron chi connectivity index (χ3n) is 5.90. The van der Waals surface area contributed by atoms with Gasteiger partial charge in [-0.25, -0.2) is 0 Å². The molecule has 1 fully saturated rings. The fourth-order valence-corrected chi connectivity index (χ4v) is 3.43. The predicted octanol–water partition coefficient (Wildman–Crippen LogP) is 5.02. The van der Waals surface area contributed by atoms with Gasteiger partial charge in [0.05, 0.1) is 16.9 Å². The van der Waals surface area contributed by atoms with Crippen LogP contribution in [0.15, 0.2) is 66.9 Å². The number of nitrogens with zero attached hydrogens (tertiary/aromatic N) is 1. The predicted molar refractivity (Wildman–Crippen MR) is 116 cm³/mol. The molecule has 0 saturated carbocycles. The Balaban J connectivity index is 1.70. The number of pyridine rings is 1. The Bertz CT molecular complexity index is 982. The molecule has 4 heteroatoms. The van der Waals surface area contributed by atoms with Gasteiger partial charge in [-0.05, 0) is 68.4 Å². The number of aromatic nitrogens is 1. The van der Waals surface area contributed by atoms with E-state index in [0.717, 1.165) is 22.3 Å². The number of hydrogen-bond donors (Lipinski definition) is 0. The Morgan fingerprint density at radius 2 is 1.43 bits per heavy atom. The maximum Gasteiger partial charge on any atom is 0.494 e. The van der Waals surface area contributed by atoms with Crippen molar-refractivity contribution in [2.45, 2.75) is 45.8 Å². The second-order valence-corrected chi connectivity index (χ2v) is 8.46. The molecule has 0 N–H and O–H groups in total. The van der Waals surface area contributed by atoms with Crippen LogP contribution in [-0.4, -0.2) is 23.3 Å². The Hall–Kier alpha value is -2.43. The van der Waals surface area contributed by atoms with Crippen LogP contribution < -0.4 is 5.46 Å². The molecule has 1 aliphatic rings. The molecule has 0 atom stereocenters. The third kappa shape index (κ3) is 3.39. The summed E-state index contributed by atoms with van der Waals surface area (Å²) in [4.78, 5) is 4.68. The highest BCUT2D eigenvalue weighted by Gasteiger charge is 2.51. The van der Waals surface area contributed by atoms with Crippen LogP contribution in [-0.2, 0) is 9.31 Å². The first-order chi connectivity index (χ1) is 13.3. The molecule has 0 bridgehead atoms. The van der Waals surface area contributed by atoms with E-state index in [1.165, 1.54) is 11.1 Å². The molecule has 1 aliphatic heterocycles. The summed E-state index contributed by atoms with van der Waals surface area (Å²) in [5, 5.41) is 0. The standard InChI is InChI=1S/C24H26BNO2/c1-17-16-26-22(15-21(17)18-10-7-6-8-11-18)19-12-9-13-20(14-19)25-27-23(2,3)24(4,5)28-25/h6-16H,1-5H3. The van der Waals surface area contributed by atoms with Gasteiger partial charge in [-0.2, -0.15) is 0 Å². The van der Waals surface area contributed by atoms with Crippen molar-refractivity contribution in [3.05, 3.63) is 72.4 Å². The molecular weight excluding hydrogens is 345 g/mol. The van der Waals surface area contributed by atoms with Crippen molar-refractivity contribution in [2.24, 2.45) is 0 Å².